The summed E-state index contributed by atoms with van der Waals surface area (Å²) in [6.07, 6.45) is 5.09. The lowest BCUT2D eigenvalue weighted by molar-refractivity contribution is -0.109. The fraction of sp³-hybridized carbons (Fsp3) is 0.200. The van der Waals surface area contributed by atoms with Crippen molar-refractivity contribution in [1.82, 2.24) is 4.98 Å². The summed E-state index contributed by atoms with van der Waals surface area (Å²) in [5, 5.41) is 0.0720. The Morgan fingerprint density at radius 3 is 3.07 bits per heavy atom. The molecule has 0 unspecified atom stereocenters. The predicted molar refractivity (Wildman–Crippen MR) is 66.9 cm³/mol. The Labute approximate surface area is 100 Å². The molecule has 1 aromatic heterocycles. The van der Waals surface area contributed by atoms with Crippen molar-refractivity contribution in [3.63, 3.8) is 0 Å². The maximum Gasteiger partial charge on any atom is 0.255 e. The van der Waals surface area contributed by atoms with Crippen LogP contribution in [0, 0.1) is 0 Å². The predicted octanol–water partition coefficient (Wildman–Crippen LogP) is 2.43. The summed E-state index contributed by atoms with van der Waals surface area (Å²) in [6, 6.07) is 1.73. The Bertz CT molecular complexity index is 439. The molecule has 0 fully saturated rings. The van der Waals surface area contributed by atoms with Crippen LogP contribution in [0.15, 0.2) is 27.6 Å². The van der Waals surface area contributed by atoms with Crippen LogP contribution >= 0.6 is 27.7 Å². The monoisotopic (exact) mass is 287 g/mol. The van der Waals surface area contributed by atoms with Crippen LogP contribution in [0.4, 0.5) is 0 Å². The minimum atomic E-state index is -0.137. The van der Waals surface area contributed by atoms with Gasteiger partial charge in [0, 0.05) is 28.9 Å². The van der Waals surface area contributed by atoms with Crippen LogP contribution < -0.4 is 5.56 Å². The number of thioether (sulfide) groups is 1. The topological polar surface area (TPSA) is 49.9 Å². The SMILES string of the molecule is CC(=O)SCC=Cc1cc(Br)c[nH]c1=O. The smallest absolute Gasteiger partial charge is 0.255 e. The van der Waals surface area contributed by atoms with Crippen LogP contribution in [-0.4, -0.2) is 15.9 Å². The highest BCUT2D eigenvalue weighted by Crippen LogP contribution is 2.08. The van der Waals surface area contributed by atoms with E-state index in [0.29, 0.717) is 11.3 Å². The number of hydrogen-bond donors (Lipinski definition) is 1. The largest absolute Gasteiger partial charge is 0.327 e. The van der Waals surface area contributed by atoms with Gasteiger partial charge >= 0.3 is 0 Å². The van der Waals surface area contributed by atoms with Crippen LogP contribution in [-0.2, 0) is 4.79 Å². The van der Waals surface area contributed by atoms with Gasteiger partial charge in [-0.05, 0) is 22.0 Å². The van der Waals surface area contributed by atoms with Gasteiger partial charge in [-0.1, -0.05) is 23.9 Å². The maximum atomic E-state index is 11.3. The number of rotatable bonds is 3. The molecule has 0 atom stereocenters. The van der Waals surface area contributed by atoms with Crippen molar-refractivity contribution in [2.45, 2.75) is 6.92 Å². The Morgan fingerprint density at radius 1 is 1.67 bits per heavy atom. The van der Waals surface area contributed by atoms with Crippen LogP contribution in [0.1, 0.15) is 12.5 Å². The minimum Gasteiger partial charge on any atom is -0.327 e. The van der Waals surface area contributed by atoms with Crippen molar-refractivity contribution < 1.29 is 4.79 Å². The average Bonchev–Trinajstić information content (AvgIpc) is 2.17. The van der Waals surface area contributed by atoms with E-state index >= 15 is 0 Å². The molecule has 0 aliphatic carbocycles. The molecule has 1 heterocycles. The maximum absolute atomic E-state index is 11.3. The second kappa shape index (κ2) is 5.92. The van der Waals surface area contributed by atoms with E-state index in [-0.39, 0.29) is 10.7 Å². The number of carbonyl (C=O) groups excluding carboxylic acids is 1. The van der Waals surface area contributed by atoms with Gasteiger partial charge in [-0.3, -0.25) is 9.59 Å². The average molecular weight is 288 g/mol. The molecule has 5 heteroatoms. The van der Waals surface area contributed by atoms with E-state index in [0.717, 1.165) is 4.47 Å². The van der Waals surface area contributed by atoms with Crippen LogP contribution in [0.25, 0.3) is 6.08 Å². The number of aromatic amines is 1. The second-order valence-corrected chi connectivity index (χ2v) is 4.92. The number of nitrogens with one attached hydrogen (secondary N) is 1. The van der Waals surface area contributed by atoms with E-state index < -0.39 is 0 Å². The fourth-order valence-electron chi connectivity index (χ4n) is 0.938. The Balaban J connectivity index is 2.67. The first-order valence-corrected chi connectivity index (χ1v) is 6.05. The molecule has 1 aromatic rings. The quantitative estimate of drug-likeness (QED) is 0.929. The standard InChI is InChI=1S/C10H10BrNO2S/c1-7(13)15-4-2-3-8-5-9(11)6-12-10(8)14/h2-3,5-6H,4H2,1H3,(H,12,14). The summed E-state index contributed by atoms with van der Waals surface area (Å²) in [4.78, 5) is 24.5. The summed E-state index contributed by atoms with van der Waals surface area (Å²) < 4.78 is 0.820. The number of carbonyl (C=O) groups is 1. The van der Waals surface area contributed by atoms with Crippen LogP contribution in [0.3, 0.4) is 0 Å². The highest BCUT2D eigenvalue weighted by molar-refractivity contribution is 9.10. The molecule has 0 saturated heterocycles. The van der Waals surface area contributed by atoms with Crippen molar-refractivity contribution >= 4 is 38.9 Å². The molecule has 0 saturated carbocycles. The van der Waals surface area contributed by atoms with Crippen molar-refractivity contribution in [3.8, 4) is 0 Å². The molecule has 1 N–H and O–H groups in total. The molecule has 0 amide bonds. The summed E-state index contributed by atoms with van der Waals surface area (Å²) in [7, 11) is 0. The highest BCUT2D eigenvalue weighted by Gasteiger charge is 1.96. The van der Waals surface area contributed by atoms with Gasteiger partial charge in [0.2, 0.25) is 0 Å². The molecule has 0 bridgehead atoms. The highest BCUT2D eigenvalue weighted by atomic mass is 79.9. The van der Waals surface area contributed by atoms with Crippen molar-refractivity contribution in [2.75, 3.05) is 5.75 Å². The van der Waals surface area contributed by atoms with Gasteiger partial charge in [0.05, 0.1) is 0 Å². The zero-order chi connectivity index (χ0) is 11.3. The molecule has 0 spiro atoms. The molecule has 0 aromatic carbocycles. The Morgan fingerprint density at radius 2 is 2.40 bits per heavy atom. The summed E-state index contributed by atoms with van der Waals surface area (Å²) in [6.45, 7) is 1.52. The minimum absolute atomic E-state index is 0.0720. The van der Waals surface area contributed by atoms with Gasteiger partial charge in [-0.15, -0.1) is 0 Å². The third-order valence-electron chi connectivity index (χ3n) is 1.58. The Hall–Kier alpha value is -0.810. The normalized spacial score (nSPS) is 10.8. The van der Waals surface area contributed by atoms with Crippen molar-refractivity contribution in [3.05, 3.63) is 38.7 Å². The van der Waals surface area contributed by atoms with E-state index in [1.807, 2.05) is 0 Å². The zero-order valence-electron chi connectivity index (χ0n) is 8.12. The van der Waals surface area contributed by atoms with Crippen molar-refractivity contribution in [1.29, 1.82) is 0 Å². The molecular weight excluding hydrogens is 278 g/mol. The third kappa shape index (κ3) is 4.48. The first kappa shape index (κ1) is 12.3. The van der Waals surface area contributed by atoms with E-state index in [2.05, 4.69) is 20.9 Å². The number of halogens is 1. The second-order valence-electron chi connectivity index (χ2n) is 2.81. The number of H-pyrrole nitrogens is 1. The van der Waals surface area contributed by atoms with E-state index in [1.165, 1.54) is 18.7 Å². The van der Waals surface area contributed by atoms with Crippen molar-refractivity contribution in [2.24, 2.45) is 0 Å². The van der Waals surface area contributed by atoms with E-state index in [9.17, 15) is 9.59 Å². The molecule has 0 radical (unpaired) electrons. The lowest BCUT2D eigenvalue weighted by Crippen LogP contribution is -2.07. The van der Waals surface area contributed by atoms with Gasteiger partial charge < -0.3 is 4.98 Å². The first-order chi connectivity index (χ1) is 7.09. The van der Waals surface area contributed by atoms with E-state index in [4.69, 9.17) is 0 Å². The molecule has 1 rings (SSSR count). The molecular formula is C10H10BrNO2S. The summed E-state index contributed by atoms with van der Waals surface area (Å²) in [5.41, 5.74) is 0.441. The number of hydrogen-bond acceptors (Lipinski definition) is 3. The lowest BCUT2D eigenvalue weighted by Gasteiger charge is -1.93. The first-order valence-electron chi connectivity index (χ1n) is 4.27. The molecule has 0 aliphatic heterocycles. The Kier molecular flexibility index (Phi) is 4.84. The van der Waals surface area contributed by atoms with Crippen LogP contribution in [0.5, 0.6) is 0 Å². The fourth-order valence-corrected chi connectivity index (χ4v) is 1.73. The molecule has 0 aliphatic rings. The van der Waals surface area contributed by atoms with Gasteiger partial charge in [-0.2, -0.15) is 0 Å². The molecule has 80 valence electrons. The number of aromatic nitrogens is 1. The molecule has 15 heavy (non-hydrogen) atoms. The summed E-state index contributed by atoms with van der Waals surface area (Å²) in [5.74, 6) is 0.585. The van der Waals surface area contributed by atoms with Crippen LogP contribution in [0.2, 0.25) is 0 Å². The van der Waals surface area contributed by atoms with E-state index in [1.54, 1.807) is 24.4 Å². The zero-order valence-corrected chi connectivity index (χ0v) is 10.5. The number of pyridine rings is 1. The summed E-state index contributed by atoms with van der Waals surface area (Å²) >= 11 is 4.48. The molecule has 3 nitrogen and oxygen atoms in total. The van der Waals surface area contributed by atoms with Gasteiger partial charge in [0.1, 0.15) is 0 Å². The van der Waals surface area contributed by atoms with Gasteiger partial charge in [0.15, 0.2) is 5.12 Å². The third-order valence-corrected chi connectivity index (χ3v) is 2.80. The lowest BCUT2D eigenvalue weighted by atomic mass is 10.2. The van der Waals surface area contributed by atoms with Gasteiger partial charge in [-0.25, -0.2) is 0 Å². The van der Waals surface area contributed by atoms with Gasteiger partial charge in [0.25, 0.3) is 5.56 Å².